The smallest absolute Gasteiger partial charge is 0.0900 e. The maximum atomic E-state index is 9.40. The fourth-order valence-electron chi connectivity index (χ4n) is 3.94. The van der Waals surface area contributed by atoms with Gasteiger partial charge in [-0.1, -0.05) is 0 Å². The number of aromatic nitrogens is 1. The molecule has 2 aliphatic rings. The molecule has 2 aliphatic heterocycles. The largest absolute Gasteiger partial charge is 0.396 e. The summed E-state index contributed by atoms with van der Waals surface area (Å²) < 4.78 is 0. The monoisotopic (exact) mass is 323 g/mol. The first-order valence-corrected chi connectivity index (χ1v) is 9.47. The third kappa shape index (κ3) is 3.88. The number of piperidine rings is 2. The number of hydrogen-bond donors (Lipinski definition) is 1. The van der Waals surface area contributed by atoms with Crippen LogP contribution in [0.15, 0.2) is 0 Å². The first-order valence-electron chi connectivity index (χ1n) is 8.66. The second-order valence-electron chi connectivity index (χ2n) is 6.93. The summed E-state index contributed by atoms with van der Waals surface area (Å²) in [5, 5.41) is 10.6. The number of rotatable bonds is 4. The highest BCUT2D eigenvalue weighted by atomic mass is 32.1. The standard InChI is InChI=1S/C17H29N3OS/c1-13-17(22-14(2)18-13)11-19-8-5-16(6-9-19)20-7-3-4-15(10-20)12-21/h15-16,21H,3-12H2,1-2H3/t15-/m1/s1. The van der Waals surface area contributed by atoms with Crippen LogP contribution in [0.25, 0.3) is 0 Å². The van der Waals surface area contributed by atoms with Crippen molar-refractivity contribution in [2.24, 2.45) is 5.92 Å². The quantitative estimate of drug-likeness (QED) is 0.924. The van der Waals surface area contributed by atoms with Crippen LogP contribution in [0.3, 0.4) is 0 Å². The molecule has 0 unspecified atom stereocenters. The zero-order valence-electron chi connectivity index (χ0n) is 13.9. The van der Waals surface area contributed by atoms with Crippen molar-refractivity contribution in [3.8, 4) is 0 Å². The van der Waals surface area contributed by atoms with E-state index in [-0.39, 0.29) is 0 Å². The van der Waals surface area contributed by atoms with Crippen molar-refractivity contribution in [2.75, 3.05) is 32.8 Å². The average molecular weight is 324 g/mol. The summed E-state index contributed by atoms with van der Waals surface area (Å²) in [5.74, 6) is 0.509. The molecule has 0 aliphatic carbocycles. The third-order valence-corrected chi connectivity index (χ3v) is 6.31. The summed E-state index contributed by atoms with van der Waals surface area (Å²) in [6, 6.07) is 0.731. The lowest BCUT2D eigenvalue weighted by Crippen LogP contribution is -2.48. The molecule has 3 rings (SSSR count). The van der Waals surface area contributed by atoms with Gasteiger partial charge in [-0.15, -0.1) is 11.3 Å². The van der Waals surface area contributed by atoms with E-state index in [0.717, 1.165) is 19.1 Å². The van der Waals surface area contributed by atoms with Crippen molar-refractivity contribution in [3.63, 3.8) is 0 Å². The van der Waals surface area contributed by atoms with E-state index in [1.54, 1.807) is 0 Å². The van der Waals surface area contributed by atoms with Crippen molar-refractivity contribution in [1.82, 2.24) is 14.8 Å². The van der Waals surface area contributed by atoms with E-state index >= 15 is 0 Å². The zero-order valence-corrected chi connectivity index (χ0v) is 14.7. The van der Waals surface area contributed by atoms with E-state index in [9.17, 15) is 5.11 Å². The Morgan fingerprint density at radius 2 is 1.95 bits per heavy atom. The van der Waals surface area contributed by atoms with Crippen LogP contribution in [0, 0.1) is 19.8 Å². The molecule has 124 valence electrons. The van der Waals surface area contributed by atoms with Crippen molar-refractivity contribution in [3.05, 3.63) is 15.6 Å². The number of aryl methyl sites for hydroxylation is 2. The van der Waals surface area contributed by atoms with E-state index in [2.05, 4.69) is 28.6 Å². The average Bonchev–Trinajstić information content (AvgIpc) is 2.86. The van der Waals surface area contributed by atoms with E-state index in [1.165, 1.54) is 60.9 Å². The Balaban J connectivity index is 1.49. The SMILES string of the molecule is Cc1nc(C)c(CN2CCC(N3CCC[C@@H](CO)C3)CC2)s1. The summed E-state index contributed by atoms with van der Waals surface area (Å²) in [7, 11) is 0. The Morgan fingerprint density at radius 3 is 2.59 bits per heavy atom. The number of aliphatic hydroxyl groups excluding tert-OH is 1. The summed E-state index contributed by atoms with van der Waals surface area (Å²) in [6.07, 6.45) is 5.00. The lowest BCUT2D eigenvalue weighted by Gasteiger charge is -2.42. The fraction of sp³-hybridized carbons (Fsp3) is 0.824. The van der Waals surface area contributed by atoms with Crippen LogP contribution in [0.1, 0.15) is 41.3 Å². The predicted molar refractivity (Wildman–Crippen MR) is 91.3 cm³/mol. The molecular formula is C17H29N3OS. The van der Waals surface area contributed by atoms with Gasteiger partial charge < -0.3 is 5.11 Å². The molecule has 0 aromatic carbocycles. The predicted octanol–water partition coefficient (Wildman–Crippen LogP) is 2.43. The van der Waals surface area contributed by atoms with Gasteiger partial charge in [0.1, 0.15) is 0 Å². The van der Waals surface area contributed by atoms with Crippen LogP contribution in [0.5, 0.6) is 0 Å². The van der Waals surface area contributed by atoms with Crippen LogP contribution in [0.2, 0.25) is 0 Å². The number of hydrogen-bond acceptors (Lipinski definition) is 5. The molecule has 1 atom stereocenters. The van der Waals surface area contributed by atoms with Gasteiger partial charge in [-0.25, -0.2) is 4.98 Å². The summed E-state index contributed by atoms with van der Waals surface area (Å²) in [6.45, 7) is 10.4. The molecule has 3 heterocycles. The van der Waals surface area contributed by atoms with Crippen molar-refractivity contribution in [1.29, 1.82) is 0 Å². The van der Waals surface area contributed by atoms with Gasteiger partial charge >= 0.3 is 0 Å². The Hall–Kier alpha value is -0.490. The number of likely N-dealkylation sites (tertiary alicyclic amines) is 2. The second kappa shape index (κ2) is 7.39. The highest BCUT2D eigenvalue weighted by Crippen LogP contribution is 2.26. The molecular weight excluding hydrogens is 294 g/mol. The number of aliphatic hydroxyl groups is 1. The molecule has 4 nitrogen and oxygen atoms in total. The Bertz CT molecular complexity index is 482. The van der Waals surface area contributed by atoms with E-state index < -0.39 is 0 Å². The Labute approximate surface area is 138 Å². The van der Waals surface area contributed by atoms with Gasteiger partial charge in [0.25, 0.3) is 0 Å². The first-order chi connectivity index (χ1) is 10.7. The molecule has 0 radical (unpaired) electrons. The summed E-state index contributed by atoms with van der Waals surface area (Å²) in [5.41, 5.74) is 1.21. The topological polar surface area (TPSA) is 39.6 Å². The maximum Gasteiger partial charge on any atom is 0.0900 e. The van der Waals surface area contributed by atoms with E-state index in [4.69, 9.17) is 0 Å². The maximum absolute atomic E-state index is 9.40. The van der Waals surface area contributed by atoms with Crippen LogP contribution in [0.4, 0.5) is 0 Å². The molecule has 2 saturated heterocycles. The third-order valence-electron chi connectivity index (χ3n) is 5.25. The van der Waals surface area contributed by atoms with Gasteiger partial charge in [0.15, 0.2) is 0 Å². The van der Waals surface area contributed by atoms with Crippen LogP contribution >= 0.6 is 11.3 Å². The van der Waals surface area contributed by atoms with Gasteiger partial charge in [0.05, 0.1) is 10.7 Å². The second-order valence-corrected chi connectivity index (χ2v) is 8.22. The first kappa shape index (κ1) is 16.4. The lowest BCUT2D eigenvalue weighted by atomic mass is 9.94. The molecule has 1 aromatic heterocycles. The van der Waals surface area contributed by atoms with Crippen molar-refractivity contribution < 1.29 is 5.11 Å². The molecule has 0 amide bonds. The van der Waals surface area contributed by atoms with Gasteiger partial charge in [0, 0.05) is 43.7 Å². The summed E-state index contributed by atoms with van der Waals surface area (Å²) >= 11 is 1.85. The normalized spacial score (nSPS) is 25.7. The Kier molecular flexibility index (Phi) is 5.50. The van der Waals surface area contributed by atoms with E-state index in [1.807, 2.05) is 11.3 Å². The van der Waals surface area contributed by atoms with Crippen molar-refractivity contribution in [2.45, 2.75) is 52.1 Å². The van der Waals surface area contributed by atoms with Gasteiger partial charge in [-0.05, 0) is 52.0 Å². The molecule has 1 N–H and O–H groups in total. The lowest BCUT2D eigenvalue weighted by molar-refractivity contribution is 0.0528. The number of nitrogens with zero attached hydrogens (tertiary/aromatic N) is 3. The molecule has 22 heavy (non-hydrogen) atoms. The molecule has 2 fully saturated rings. The minimum Gasteiger partial charge on any atom is -0.396 e. The summed E-state index contributed by atoms with van der Waals surface area (Å²) in [4.78, 5) is 11.2. The zero-order chi connectivity index (χ0) is 15.5. The molecule has 1 aromatic rings. The van der Waals surface area contributed by atoms with Gasteiger partial charge in [-0.2, -0.15) is 0 Å². The van der Waals surface area contributed by atoms with Crippen molar-refractivity contribution >= 4 is 11.3 Å². The highest BCUT2D eigenvalue weighted by molar-refractivity contribution is 7.11. The van der Waals surface area contributed by atoms with Crippen LogP contribution in [-0.2, 0) is 6.54 Å². The van der Waals surface area contributed by atoms with E-state index in [0.29, 0.717) is 12.5 Å². The Morgan fingerprint density at radius 1 is 1.18 bits per heavy atom. The minimum absolute atomic E-state index is 0.360. The number of thiazole rings is 1. The minimum atomic E-state index is 0.360. The fourth-order valence-corrected chi connectivity index (χ4v) is 4.92. The highest BCUT2D eigenvalue weighted by Gasteiger charge is 2.28. The van der Waals surface area contributed by atoms with Gasteiger partial charge in [-0.3, -0.25) is 9.80 Å². The van der Waals surface area contributed by atoms with Crippen LogP contribution < -0.4 is 0 Å². The van der Waals surface area contributed by atoms with Crippen LogP contribution in [-0.4, -0.2) is 58.7 Å². The molecule has 0 saturated carbocycles. The van der Waals surface area contributed by atoms with Gasteiger partial charge in [0.2, 0.25) is 0 Å². The molecule has 0 spiro atoms. The molecule has 5 heteroatoms. The molecule has 0 bridgehead atoms.